The average Bonchev–Trinajstić information content (AvgIpc) is 2.64. The molecule has 0 saturated heterocycles. The molecule has 0 atom stereocenters. The molecule has 3 aromatic rings. The minimum absolute atomic E-state index is 0.0372. The summed E-state index contributed by atoms with van der Waals surface area (Å²) in [5, 5.41) is 0. The highest BCUT2D eigenvalue weighted by atomic mass is 16.2. The van der Waals surface area contributed by atoms with E-state index in [2.05, 4.69) is 43.3 Å². The summed E-state index contributed by atoms with van der Waals surface area (Å²) in [6.45, 7) is 2.67. The van der Waals surface area contributed by atoms with Gasteiger partial charge < -0.3 is 4.90 Å². The van der Waals surface area contributed by atoms with Gasteiger partial charge in [0.05, 0.1) is 0 Å². The summed E-state index contributed by atoms with van der Waals surface area (Å²) in [6, 6.07) is 26.3. The number of hydrogen-bond acceptors (Lipinski definition) is 1. The number of carbonyl (C=O) groups excluding carboxylic acids is 1. The molecule has 2 heteroatoms. The molecule has 0 saturated carbocycles. The van der Waals surface area contributed by atoms with Gasteiger partial charge in [-0.2, -0.15) is 0 Å². The van der Waals surface area contributed by atoms with Crippen LogP contribution < -0.4 is 0 Å². The van der Waals surface area contributed by atoms with Crippen LogP contribution in [0.4, 0.5) is 0 Å². The zero-order valence-corrected chi connectivity index (χ0v) is 14.1. The first-order valence-corrected chi connectivity index (χ1v) is 8.10. The van der Waals surface area contributed by atoms with E-state index in [1.807, 2.05) is 49.5 Å². The fourth-order valence-corrected chi connectivity index (χ4v) is 2.70. The van der Waals surface area contributed by atoms with Gasteiger partial charge in [0.15, 0.2) is 0 Å². The highest BCUT2D eigenvalue weighted by Crippen LogP contribution is 2.20. The Kier molecular flexibility index (Phi) is 4.76. The molecule has 0 heterocycles. The molecule has 0 N–H and O–H groups in total. The maximum atomic E-state index is 12.6. The molecule has 0 radical (unpaired) electrons. The molecular formula is C22H21NO. The van der Waals surface area contributed by atoms with Crippen molar-refractivity contribution in [3.63, 3.8) is 0 Å². The van der Waals surface area contributed by atoms with Gasteiger partial charge in [-0.05, 0) is 35.7 Å². The Hall–Kier alpha value is -2.87. The van der Waals surface area contributed by atoms with E-state index in [4.69, 9.17) is 0 Å². The van der Waals surface area contributed by atoms with Crippen molar-refractivity contribution in [1.82, 2.24) is 4.90 Å². The second-order valence-electron chi connectivity index (χ2n) is 6.09. The third kappa shape index (κ3) is 3.72. The van der Waals surface area contributed by atoms with Gasteiger partial charge in [0.1, 0.15) is 0 Å². The van der Waals surface area contributed by atoms with E-state index in [1.165, 1.54) is 5.56 Å². The lowest BCUT2D eigenvalue weighted by Gasteiger charge is -2.17. The van der Waals surface area contributed by atoms with Crippen molar-refractivity contribution in [1.29, 1.82) is 0 Å². The Labute approximate surface area is 143 Å². The van der Waals surface area contributed by atoms with Crippen LogP contribution in [-0.4, -0.2) is 17.9 Å². The summed E-state index contributed by atoms with van der Waals surface area (Å²) < 4.78 is 0. The highest BCUT2D eigenvalue weighted by Gasteiger charge is 2.12. The van der Waals surface area contributed by atoms with Gasteiger partial charge in [0, 0.05) is 19.2 Å². The number of nitrogens with zero attached hydrogens (tertiary/aromatic N) is 1. The first-order chi connectivity index (χ1) is 11.6. The second-order valence-corrected chi connectivity index (χ2v) is 6.09. The molecule has 0 fully saturated rings. The van der Waals surface area contributed by atoms with Crippen molar-refractivity contribution < 1.29 is 4.79 Å². The molecule has 0 aliphatic rings. The molecule has 120 valence electrons. The minimum Gasteiger partial charge on any atom is -0.337 e. The van der Waals surface area contributed by atoms with E-state index in [9.17, 15) is 4.79 Å². The summed E-state index contributed by atoms with van der Waals surface area (Å²) in [5.41, 5.74) is 5.35. The molecule has 0 bridgehead atoms. The predicted molar refractivity (Wildman–Crippen MR) is 98.9 cm³/mol. The smallest absolute Gasteiger partial charge is 0.253 e. The number of carbonyl (C=O) groups is 1. The lowest BCUT2D eigenvalue weighted by atomic mass is 10.0. The summed E-state index contributed by atoms with van der Waals surface area (Å²) in [7, 11) is 1.84. The largest absolute Gasteiger partial charge is 0.337 e. The predicted octanol–water partition coefficient (Wildman–Crippen LogP) is 4.93. The fraction of sp³-hybridized carbons (Fsp3) is 0.136. The SMILES string of the molecule is Cc1ccc(CN(C)C(=O)c2ccc(-c3ccccc3)cc2)cc1. The second kappa shape index (κ2) is 7.14. The highest BCUT2D eigenvalue weighted by molar-refractivity contribution is 5.94. The van der Waals surface area contributed by atoms with E-state index in [0.29, 0.717) is 12.1 Å². The first kappa shape index (κ1) is 16.0. The van der Waals surface area contributed by atoms with E-state index in [-0.39, 0.29) is 5.91 Å². The Bertz CT molecular complexity index is 805. The monoisotopic (exact) mass is 315 g/mol. The topological polar surface area (TPSA) is 20.3 Å². The van der Waals surface area contributed by atoms with E-state index < -0.39 is 0 Å². The molecule has 0 aromatic heterocycles. The van der Waals surface area contributed by atoms with Crippen molar-refractivity contribution in [2.75, 3.05) is 7.05 Å². The first-order valence-electron chi connectivity index (χ1n) is 8.10. The molecule has 0 spiro atoms. The molecule has 24 heavy (non-hydrogen) atoms. The van der Waals surface area contributed by atoms with E-state index in [0.717, 1.165) is 16.7 Å². The summed E-state index contributed by atoms with van der Waals surface area (Å²) >= 11 is 0. The van der Waals surface area contributed by atoms with E-state index >= 15 is 0 Å². The standard InChI is InChI=1S/C22H21NO/c1-17-8-10-18(11-9-17)16-23(2)22(24)21-14-12-20(13-15-21)19-6-4-3-5-7-19/h3-15H,16H2,1-2H3. The zero-order valence-electron chi connectivity index (χ0n) is 14.1. The van der Waals surface area contributed by atoms with Gasteiger partial charge in [-0.1, -0.05) is 72.3 Å². The van der Waals surface area contributed by atoms with Gasteiger partial charge in [-0.15, -0.1) is 0 Å². The van der Waals surface area contributed by atoms with Crippen LogP contribution in [0.5, 0.6) is 0 Å². The molecule has 2 nitrogen and oxygen atoms in total. The van der Waals surface area contributed by atoms with Crippen LogP contribution in [-0.2, 0) is 6.54 Å². The minimum atomic E-state index is 0.0372. The maximum absolute atomic E-state index is 12.6. The van der Waals surface area contributed by atoms with Crippen molar-refractivity contribution in [2.24, 2.45) is 0 Å². The number of benzene rings is 3. The average molecular weight is 315 g/mol. The fourth-order valence-electron chi connectivity index (χ4n) is 2.70. The van der Waals surface area contributed by atoms with Crippen LogP contribution in [0.25, 0.3) is 11.1 Å². The molecule has 3 aromatic carbocycles. The Morgan fingerprint density at radius 2 is 1.38 bits per heavy atom. The van der Waals surface area contributed by atoms with Crippen LogP contribution in [0, 0.1) is 6.92 Å². The van der Waals surface area contributed by atoms with Crippen LogP contribution in [0.2, 0.25) is 0 Å². The lowest BCUT2D eigenvalue weighted by molar-refractivity contribution is 0.0785. The third-order valence-corrected chi connectivity index (χ3v) is 4.13. The van der Waals surface area contributed by atoms with Crippen LogP contribution >= 0.6 is 0 Å². The van der Waals surface area contributed by atoms with Crippen molar-refractivity contribution >= 4 is 5.91 Å². The van der Waals surface area contributed by atoms with Crippen LogP contribution in [0.3, 0.4) is 0 Å². The maximum Gasteiger partial charge on any atom is 0.253 e. The summed E-state index contributed by atoms with van der Waals surface area (Å²) in [6.07, 6.45) is 0. The van der Waals surface area contributed by atoms with E-state index in [1.54, 1.807) is 4.90 Å². The number of rotatable bonds is 4. The van der Waals surface area contributed by atoms with Crippen LogP contribution in [0.1, 0.15) is 21.5 Å². The molecule has 0 unspecified atom stereocenters. The normalized spacial score (nSPS) is 10.4. The van der Waals surface area contributed by atoms with Crippen molar-refractivity contribution in [2.45, 2.75) is 13.5 Å². The number of aryl methyl sites for hydroxylation is 1. The number of hydrogen-bond donors (Lipinski definition) is 0. The summed E-state index contributed by atoms with van der Waals surface area (Å²) in [5.74, 6) is 0.0372. The third-order valence-electron chi connectivity index (χ3n) is 4.13. The quantitative estimate of drug-likeness (QED) is 0.668. The Morgan fingerprint density at radius 1 is 0.792 bits per heavy atom. The molecule has 0 aliphatic carbocycles. The lowest BCUT2D eigenvalue weighted by Crippen LogP contribution is -2.26. The van der Waals surface area contributed by atoms with Gasteiger partial charge in [-0.3, -0.25) is 4.79 Å². The number of amides is 1. The Morgan fingerprint density at radius 3 is 2.00 bits per heavy atom. The van der Waals surface area contributed by atoms with Crippen molar-refractivity contribution in [3.8, 4) is 11.1 Å². The molecular weight excluding hydrogens is 294 g/mol. The summed E-state index contributed by atoms with van der Waals surface area (Å²) in [4.78, 5) is 14.3. The molecule has 1 amide bonds. The van der Waals surface area contributed by atoms with Crippen LogP contribution in [0.15, 0.2) is 78.9 Å². The molecule has 0 aliphatic heterocycles. The molecule has 3 rings (SSSR count). The van der Waals surface area contributed by atoms with Gasteiger partial charge in [0.2, 0.25) is 0 Å². The van der Waals surface area contributed by atoms with Gasteiger partial charge >= 0.3 is 0 Å². The Balaban J connectivity index is 1.71. The zero-order chi connectivity index (χ0) is 16.9. The van der Waals surface area contributed by atoms with Crippen molar-refractivity contribution in [3.05, 3.63) is 95.6 Å². The van der Waals surface area contributed by atoms with Gasteiger partial charge in [0.25, 0.3) is 5.91 Å². The van der Waals surface area contributed by atoms with Gasteiger partial charge in [-0.25, -0.2) is 0 Å².